The highest BCUT2D eigenvalue weighted by molar-refractivity contribution is 6.33. The van der Waals surface area contributed by atoms with E-state index < -0.39 is 23.3 Å². The molecule has 162 valence electrons. The van der Waals surface area contributed by atoms with Gasteiger partial charge in [0.15, 0.2) is 0 Å². The van der Waals surface area contributed by atoms with Crippen LogP contribution in [-0.4, -0.2) is 63.8 Å². The lowest BCUT2D eigenvalue weighted by Gasteiger charge is -2.42. The molecule has 1 N–H and O–H groups in total. The van der Waals surface area contributed by atoms with Crippen molar-refractivity contribution in [2.45, 2.75) is 32.4 Å². The molecule has 0 spiro atoms. The van der Waals surface area contributed by atoms with Crippen molar-refractivity contribution in [2.24, 2.45) is 0 Å². The zero-order valence-electron chi connectivity index (χ0n) is 17.0. The summed E-state index contributed by atoms with van der Waals surface area (Å²) in [6, 6.07) is 6.27. The van der Waals surface area contributed by atoms with Crippen LogP contribution in [0, 0.1) is 0 Å². The van der Waals surface area contributed by atoms with Gasteiger partial charge in [-0.1, -0.05) is 29.3 Å². The van der Waals surface area contributed by atoms with E-state index in [2.05, 4.69) is 5.10 Å². The molecule has 1 amide bonds. The van der Waals surface area contributed by atoms with Gasteiger partial charge in [0.05, 0.1) is 30.2 Å². The Hall–Kier alpha value is -2.29. The normalized spacial score (nSPS) is 17.2. The number of aliphatic hydroxyl groups is 1. The van der Waals surface area contributed by atoms with Crippen LogP contribution in [-0.2, 0) is 4.74 Å². The number of hydrogen-bond donors (Lipinski definition) is 1. The highest BCUT2D eigenvalue weighted by atomic mass is 35.5. The maximum atomic E-state index is 12.8. The molecule has 8 nitrogen and oxygen atoms in total. The Morgan fingerprint density at radius 1 is 1.30 bits per heavy atom. The number of benzene rings is 1. The fourth-order valence-corrected chi connectivity index (χ4v) is 3.66. The predicted molar refractivity (Wildman–Crippen MR) is 116 cm³/mol. The Morgan fingerprint density at radius 2 is 2.03 bits per heavy atom. The highest BCUT2D eigenvalue weighted by Gasteiger charge is 2.33. The average molecular weight is 455 g/mol. The summed E-state index contributed by atoms with van der Waals surface area (Å²) in [4.78, 5) is 28.5. The Labute approximate surface area is 184 Å². The van der Waals surface area contributed by atoms with Gasteiger partial charge in [-0.3, -0.25) is 4.79 Å². The fraction of sp³-hybridized carbons (Fsp3) is 0.450. The third-order valence-corrected chi connectivity index (χ3v) is 5.20. The topological polar surface area (TPSA) is 87.9 Å². The molecule has 0 radical (unpaired) electrons. The summed E-state index contributed by atoms with van der Waals surface area (Å²) in [6.07, 6.45) is 1.04. The monoisotopic (exact) mass is 454 g/mol. The fourth-order valence-electron chi connectivity index (χ4n) is 3.24. The first kappa shape index (κ1) is 22.4. The maximum Gasteiger partial charge on any atom is 0.410 e. The molecule has 0 aliphatic carbocycles. The van der Waals surface area contributed by atoms with Crippen LogP contribution in [0.25, 0.3) is 5.69 Å². The van der Waals surface area contributed by atoms with Gasteiger partial charge in [0.25, 0.3) is 5.56 Å². The Bertz CT molecular complexity index is 990. The summed E-state index contributed by atoms with van der Waals surface area (Å²) in [6.45, 7) is 6.12. The second kappa shape index (κ2) is 8.83. The molecule has 1 aliphatic heterocycles. The number of ether oxygens (including phenoxy) is 1. The number of carbonyl (C=O) groups excluding carboxylic acids is 1. The van der Waals surface area contributed by atoms with E-state index in [1.165, 1.54) is 15.8 Å². The molecule has 1 fully saturated rings. The first-order valence-corrected chi connectivity index (χ1v) is 10.3. The van der Waals surface area contributed by atoms with E-state index in [1.807, 2.05) is 0 Å². The second-order valence-electron chi connectivity index (χ2n) is 8.00. The molecule has 1 unspecified atom stereocenters. The number of aliphatic hydroxyl groups excluding tert-OH is 1. The van der Waals surface area contributed by atoms with Crippen LogP contribution in [0.15, 0.2) is 35.3 Å². The minimum absolute atomic E-state index is 0.0193. The molecule has 0 saturated carbocycles. The summed E-state index contributed by atoms with van der Waals surface area (Å²) in [5.74, 6) is 0. The number of piperazine rings is 1. The van der Waals surface area contributed by atoms with Gasteiger partial charge < -0.3 is 19.6 Å². The van der Waals surface area contributed by atoms with E-state index in [0.717, 1.165) is 0 Å². The van der Waals surface area contributed by atoms with Crippen LogP contribution >= 0.6 is 23.2 Å². The molecular weight excluding hydrogens is 431 g/mol. The van der Waals surface area contributed by atoms with Gasteiger partial charge in [0, 0.05) is 24.7 Å². The van der Waals surface area contributed by atoms with Crippen LogP contribution in [0.4, 0.5) is 10.5 Å². The van der Waals surface area contributed by atoms with Gasteiger partial charge in [-0.05, 0) is 39.0 Å². The van der Waals surface area contributed by atoms with Crippen molar-refractivity contribution < 1.29 is 14.6 Å². The van der Waals surface area contributed by atoms with Crippen molar-refractivity contribution in [3.63, 3.8) is 0 Å². The molecule has 1 aromatic heterocycles. The van der Waals surface area contributed by atoms with Crippen molar-refractivity contribution >= 4 is 35.0 Å². The van der Waals surface area contributed by atoms with E-state index in [4.69, 9.17) is 27.9 Å². The van der Waals surface area contributed by atoms with Crippen molar-refractivity contribution in [3.05, 3.63) is 50.9 Å². The van der Waals surface area contributed by atoms with Gasteiger partial charge >= 0.3 is 6.09 Å². The summed E-state index contributed by atoms with van der Waals surface area (Å²) >= 11 is 12.4. The van der Waals surface area contributed by atoms with E-state index in [9.17, 15) is 14.7 Å². The number of rotatable bonds is 3. The van der Waals surface area contributed by atoms with Gasteiger partial charge in [-0.15, -0.1) is 0 Å². The van der Waals surface area contributed by atoms with E-state index >= 15 is 0 Å². The number of amides is 1. The standard InChI is InChI=1S/C20H24Cl2N4O4/c1-20(2,3)30-19(29)24-7-8-25(15(11-24)12-27)16-10-23-26(18(28)17(16)22)14-6-4-5-13(21)9-14/h4-6,9-10,15,27H,7-8,11-12H2,1-3H3. The Kier molecular flexibility index (Phi) is 6.59. The van der Waals surface area contributed by atoms with Crippen molar-refractivity contribution in [3.8, 4) is 5.69 Å². The van der Waals surface area contributed by atoms with Crippen LogP contribution in [0.3, 0.4) is 0 Å². The summed E-state index contributed by atoms with van der Waals surface area (Å²) in [7, 11) is 0. The first-order valence-electron chi connectivity index (χ1n) is 9.50. The lowest BCUT2D eigenvalue weighted by atomic mass is 10.1. The first-order chi connectivity index (χ1) is 14.1. The number of nitrogens with zero attached hydrogens (tertiary/aromatic N) is 4. The Morgan fingerprint density at radius 3 is 2.67 bits per heavy atom. The van der Waals surface area contributed by atoms with Gasteiger partial charge in [0.1, 0.15) is 10.6 Å². The van der Waals surface area contributed by atoms with E-state index in [1.54, 1.807) is 49.9 Å². The lowest BCUT2D eigenvalue weighted by molar-refractivity contribution is 0.0197. The van der Waals surface area contributed by atoms with Crippen LogP contribution in [0.1, 0.15) is 20.8 Å². The summed E-state index contributed by atoms with van der Waals surface area (Å²) in [5, 5.41) is 14.6. The molecule has 1 atom stereocenters. The van der Waals surface area contributed by atoms with Crippen molar-refractivity contribution in [1.82, 2.24) is 14.7 Å². The quantitative estimate of drug-likeness (QED) is 0.766. The largest absolute Gasteiger partial charge is 0.444 e. The van der Waals surface area contributed by atoms with Crippen LogP contribution in [0.5, 0.6) is 0 Å². The van der Waals surface area contributed by atoms with Crippen LogP contribution in [0.2, 0.25) is 10.0 Å². The summed E-state index contributed by atoms with van der Waals surface area (Å²) in [5.41, 5.74) is -0.207. The molecule has 0 bridgehead atoms. The molecule has 2 heterocycles. The summed E-state index contributed by atoms with van der Waals surface area (Å²) < 4.78 is 6.58. The zero-order chi connectivity index (χ0) is 22.1. The van der Waals surface area contributed by atoms with Gasteiger partial charge in [-0.25, -0.2) is 4.79 Å². The molecule has 1 saturated heterocycles. The average Bonchev–Trinajstić information content (AvgIpc) is 2.68. The van der Waals surface area contributed by atoms with Crippen molar-refractivity contribution in [1.29, 1.82) is 0 Å². The predicted octanol–water partition coefficient (Wildman–Crippen LogP) is 2.96. The molecule has 30 heavy (non-hydrogen) atoms. The number of aromatic nitrogens is 2. The zero-order valence-corrected chi connectivity index (χ0v) is 18.5. The Balaban J connectivity index is 1.85. The minimum atomic E-state index is -0.610. The number of hydrogen-bond acceptors (Lipinski definition) is 6. The van der Waals surface area contributed by atoms with Gasteiger partial charge in [-0.2, -0.15) is 9.78 Å². The molecule has 1 aromatic carbocycles. The molecule has 2 aromatic rings. The van der Waals surface area contributed by atoms with Gasteiger partial charge in [0.2, 0.25) is 0 Å². The lowest BCUT2D eigenvalue weighted by Crippen LogP contribution is -2.57. The van der Waals surface area contributed by atoms with Crippen LogP contribution < -0.4 is 10.5 Å². The molecule has 10 heteroatoms. The number of carbonyl (C=O) groups is 1. The maximum absolute atomic E-state index is 12.8. The SMILES string of the molecule is CC(C)(C)OC(=O)N1CCN(c2cnn(-c3cccc(Cl)c3)c(=O)c2Cl)C(CO)C1. The third-order valence-electron chi connectivity index (χ3n) is 4.61. The second-order valence-corrected chi connectivity index (χ2v) is 8.81. The number of halogens is 2. The highest BCUT2D eigenvalue weighted by Crippen LogP contribution is 2.27. The molecular formula is C20H24Cl2N4O4. The van der Waals surface area contributed by atoms with Crippen molar-refractivity contribution in [2.75, 3.05) is 31.1 Å². The minimum Gasteiger partial charge on any atom is -0.444 e. The molecule has 3 rings (SSSR count). The molecule has 1 aliphatic rings. The number of anilines is 1. The van der Waals surface area contributed by atoms with E-state index in [-0.39, 0.29) is 18.2 Å². The smallest absolute Gasteiger partial charge is 0.410 e. The van der Waals surface area contributed by atoms with E-state index in [0.29, 0.717) is 29.5 Å². The third kappa shape index (κ3) is 4.88.